The molecule has 2 aromatic rings. The van der Waals surface area contributed by atoms with Crippen molar-refractivity contribution in [2.45, 2.75) is 0 Å². The molecule has 1 aromatic heterocycles. The number of halogens is 2. The number of hydrogen-bond acceptors (Lipinski definition) is 4. The van der Waals surface area contributed by atoms with Crippen LogP contribution in [0.3, 0.4) is 0 Å². The van der Waals surface area contributed by atoms with Crippen LogP contribution in [0.2, 0.25) is 0 Å². The van der Waals surface area contributed by atoms with E-state index < -0.39 is 23.4 Å². The molecule has 2 rings (SSSR count). The van der Waals surface area contributed by atoms with Crippen molar-refractivity contribution in [3.05, 3.63) is 53.7 Å². The molecule has 6 nitrogen and oxygen atoms in total. The first-order chi connectivity index (χ1) is 11.4. The highest BCUT2D eigenvalue weighted by atomic mass is 19.2. The van der Waals surface area contributed by atoms with E-state index in [4.69, 9.17) is 0 Å². The number of carbonyl (C=O) groups excluding carboxylic acids is 2. The van der Waals surface area contributed by atoms with Crippen LogP contribution >= 0.6 is 0 Å². The molecule has 0 saturated carbocycles. The van der Waals surface area contributed by atoms with Crippen molar-refractivity contribution < 1.29 is 18.4 Å². The van der Waals surface area contributed by atoms with E-state index in [2.05, 4.69) is 15.6 Å². The summed E-state index contributed by atoms with van der Waals surface area (Å²) < 4.78 is 25.9. The summed E-state index contributed by atoms with van der Waals surface area (Å²) in [6.07, 6.45) is 1.59. The summed E-state index contributed by atoms with van der Waals surface area (Å²) >= 11 is 0. The van der Waals surface area contributed by atoms with E-state index in [1.54, 1.807) is 37.3 Å². The van der Waals surface area contributed by atoms with Gasteiger partial charge in [0.15, 0.2) is 17.5 Å². The lowest BCUT2D eigenvalue weighted by Crippen LogP contribution is -2.33. The zero-order valence-electron chi connectivity index (χ0n) is 13.1. The van der Waals surface area contributed by atoms with E-state index in [0.717, 1.165) is 18.2 Å². The van der Waals surface area contributed by atoms with Gasteiger partial charge in [-0.05, 0) is 30.3 Å². The fourth-order valence-electron chi connectivity index (χ4n) is 1.95. The lowest BCUT2D eigenvalue weighted by Gasteiger charge is -2.16. The van der Waals surface area contributed by atoms with Crippen LogP contribution in [-0.2, 0) is 4.79 Å². The lowest BCUT2D eigenvalue weighted by atomic mass is 10.2. The molecule has 0 fully saturated rings. The monoisotopic (exact) mass is 334 g/mol. The topological polar surface area (TPSA) is 74.3 Å². The van der Waals surface area contributed by atoms with Crippen LogP contribution in [0.1, 0.15) is 10.4 Å². The van der Waals surface area contributed by atoms with Gasteiger partial charge in [0.2, 0.25) is 5.91 Å². The second kappa shape index (κ2) is 7.49. The minimum Gasteiger partial charge on any atom is -0.361 e. The second-order valence-electron chi connectivity index (χ2n) is 5.13. The number of hydrogen-bond donors (Lipinski definition) is 2. The Labute approximate surface area is 137 Å². The first-order valence-corrected chi connectivity index (χ1v) is 7.04. The highest BCUT2D eigenvalue weighted by Gasteiger charge is 2.13. The Morgan fingerprint density at radius 3 is 2.58 bits per heavy atom. The van der Waals surface area contributed by atoms with E-state index >= 15 is 0 Å². The van der Waals surface area contributed by atoms with Crippen LogP contribution < -0.4 is 15.5 Å². The van der Waals surface area contributed by atoms with E-state index in [1.165, 1.54) is 0 Å². The maximum Gasteiger partial charge on any atom is 0.251 e. The predicted molar refractivity (Wildman–Crippen MR) is 85.9 cm³/mol. The van der Waals surface area contributed by atoms with E-state index in [0.29, 0.717) is 11.5 Å². The quantitative estimate of drug-likeness (QED) is 0.874. The molecule has 0 radical (unpaired) electrons. The summed E-state index contributed by atoms with van der Waals surface area (Å²) in [7, 11) is 3.56. The molecule has 0 bridgehead atoms. The van der Waals surface area contributed by atoms with Crippen molar-refractivity contribution >= 4 is 23.3 Å². The number of amides is 2. The van der Waals surface area contributed by atoms with Gasteiger partial charge in [-0.25, -0.2) is 13.8 Å². The third kappa shape index (κ3) is 4.25. The Morgan fingerprint density at radius 2 is 1.92 bits per heavy atom. The van der Waals surface area contributed by atoms with Gasteiger partial charge in [0, 0.05) is 25.9 Å². The van der Waals surface area contributed by atoms with E-state index in [-0.39, 0.29) is 12.1 Å². The third-order valence-corrected chi connectivity index (χ3v) is 3.08. The number of rotatable bonds is 5. The summed E-state index contributed by atoms with van der Waals surface area (Å²) in [5.41, 5.74) is 0.423. The van der Waals surface area contributed by atoms with Gasteiger partial charge in [-0.3, -0.25) is 9.59 Å². The van der Waals surface area contributed by atoms with Gasteiger partial charge >= 0.3 is 0 Å². The maximum atomic E-state index is 13.1. The van der Waals surface area contributed by atoms with E-state index in [1.807, 2.05) is 0 Å². The molecule has 0 aliphatic carbocycles. The van der Waals surface area contributed by atoms with Gasteiger partial charge in [-0.1, -0.05) is 0 Å². The van der Waals surface area contributed by atoms with Crippen LogP contribution in [0.25, 0.3) is 0 Å². The molecular formula is C16H16F2N4O2. The Bertz CT molecular complexity index is 765. The number of aromatic nitrogens is 1. The minimum atomic E-state index is -1.13. The molecule has 0 atom stereocenters. The Hall–Kier alpha value is -3.03. The Kier molecular flexibility index (Phi) is 5.41. The average Bonchev–Trinajstić information content (AvgIpc) is 2.55. The summed E-state index contributed by atoms with van der Waals surface area (Å²) in [5, 5.41) is 4.97. The lowest BCUT2D eigenvalue weighted by molar-refractivity contribution is -0.115. The van der Waals surface area contributed by atoms with Crippen molar-refractivity contribution in [2.75, 3.05) is 30.9 Å². The van der Waals surface area contributed by atoms with Crippen LogP contribution in [0.15, 0.2) is 36.5 Å². The van der Waals surface area contributed by atoms with Gasteiger partial charge in [0.1, 0.15) is 0 Å². The van der Waals surface area contributed by atoms with Crippen LogP contribution in [0.5, 0.6) is 0 Å². The fourth-order valence-corrected chi connectivity index (χ4v) is 1.95. The highest BCUT2D eigenvalue weighted by molar-refractivity contribution is 6.00. The molecule has 0 spiro atoms. The first-order valence-electron chi connectivity index (χ1n) is 7.04. The van der Waals surface area contributed by atoms with Crippen molar-refractivity contribution in [2.24, 2.45) is 0 Å². The summed E-state index contributed by atoms with van der Waals surface area (Å²) in [5.74, 6) is -2.75. The Balaban J connectivity index is 1.96. The van der Waals surface area contributed by atoms with Crippen molar-refractivity contribution in [3.8, 4) is 0 Å². The summed E-state index contributed by atoms with van der Waals surface area (Å²) in [4.78, 5) is 29.6. The number of carbonyl (C=O) groups is 2. The summed E-state index contributed by atoms with van der Waals surface area (Å²) in [6, 6.07) is 6.11. The number of nitrogens with zero attached hydrogens (tertiary/aromatic N) is 2. The fraction of sp³-hybridized carbons (Fsp3) is 0.188. The largest absolute Gasteiger partial charge is 0.361 e. The normalized spacial score (nSPS) is 10.2. The molecule has 24 heavy (non-hydrogen) atoms. The second-order valence-corrected chi connectivity index (χ2v) is 5.13. The van der Waals surface area contributed by atoms with Crippen molar-refractivity contribution in [3.63, 3.8) is 0 Å². The predicted octanol–water partition coefficient (Wildman–Crippen LogP) is 1.79. The molecule has 126 valence electrons. The molecule has 0 aliphatic rings. The number of nitrogens with one attached hydrogen (secondary N) is 2. The van der Waals surface area contributed by atoms with Gasteiger partial charge < -0.3 is 15.5 Å². The van der Waals surface area contributed by atoms with Crippen LogP contribution in [-0.4, -0.2) is 37.4 Å². The molecule has 2 N–H and O–H groups in total. The smallest absolute Gasteiger partial charge is 0.251 e. The molecule has 1 heterocycles. The molecule has 0 unspecified atom stereocenters. The van der Waals surface area contributed by atoms with Gasteiger partial charge in [-0.2, -0.15) is 0 Å². The molecule has 8 heteroatoms. The standard InChI is InChI=1S/C16H16F2N4O2/c1-22(2)15-13(4-3-7-19-15)21-14(23)9-20-16(24)10-5-6-11(17)12(18)8-10/h3-8H,9H2,1-2H3,(H,20,24)(H,21,23). The van der Waals surface area contributed by atoms with Crippen molar-refractivity contribution in [1.82, 2.24) is 10.3 Å². The SMILES string of the molecule is CN(C)c1ncccc1NC(=O)CNC(=O)c1ccc(F)c(F)c1. The van der Waals surface area contributed by atoms with Crippen molar-refractivity contribution in [1.29, 1.82) is 0 Å². The summed E-state index contributed by atoms with van der Waals surface area (Å²) in [6.45, 7) is -0.320. The first kappa shape index (κ1) is 17.3. The number of anilines is 2. The van der Waals surface area contributed by atoms with Crippen LogP contribution in [0, 0.1) is 11.6 Å². The number of pyridine rings is 1. The molecule has 0 saturated heterocycles. The zero-order chi connectivity index (χ0) is 17.7. The maximum absolute atomic E-state index is 13.1. The average molecular weight is 334 g/mol. The van der Waals surface area contributed by atoms with Crippen LogP contribution in [0.4, 0.5) is 20.3 Å². The van der Waals surface area contributed by atoms with Gasteiger partial charge in [-0.15, -0.1) is 0 Å². The molecule has 2 amide bonds. The highest BCUT2D eigenvalue weighted by Crippen LogP contribution is 2.19. The third-order valence-electron chi connectivity index (χ3n) is 3.08. The molecule has 1 aromatic carbocycles. The van der Waals surface area contributed by atoms with Gasteiger partial charge in [0.25, 0.3) is 5.91 Å². The molecular weight excluding hydrogens is 318 g/mol. The van der Waals surface area contributed by atoms with Gasteiger partial charge in [0.05, 0.1) is 12.2 Å². The zero-order valence-corrected chi connectivity index (χ0v) is 13.1. The van der Waals surface area contributed by atoms with E-state index in [9.17, 15) is 18.4 Å². The Morgan fingerprint density at radius 1 is 1.17 bits per heavy atom. The number of benzene rings is 1. The molecule has 0 aliphatic heterocycles. The minimum absolute atomic E-state index is 0.0722.